The Kier molecular flexibility index (Phi) is 7.14. The summed E-state index contributed by atoms with van der Waals surface area (Å²) in [7, 11) is 0. The summed E-state index contributed by atoms with van der Waals surface area (Å²) >= 11 is 0. The van der Waals surface area contributed by atoms with Crippen LogP contribution in [0.5, 0.6) is 5.75 Å². The summed E-state index contributed by atoms with van der Waals surface area (Å²) in [6, 6.07) is 5.28. The van der Waals surface area contributed by atoms with Gasteiger partial charge in [-0.25, -0.2) is 13.5 Å². The number of rotatable bonds is 6. The number of hydrogen-bond acceptors (Lipinski definition) is 3. The van der Waals surface area contributed by atoms with Crippen LogP contribution in [0.25, 0.3) is 5.70 Å². The molecule has 0 aliphatic heterocycles. The van der Waals surface area contributed by atoms with Gasteiger partial charge in [-0.1, -0.05) is 12.0 Å². The highest BCUT2D eigenvalue weighted by molar-refractivity contribution is 5.50. The molecule has 0 fully saturated rings. The van der Waals surface area contributed by atoms with E-state index in [1.807, 2.05) is 26.8 Å². The summed E-state index contributed by atoms with van der Waals surface area (Å²) < 4.78 is 34.1. The van der Waals surface area contributed by atoms with E-state index >= 15 is 0 Å². The molecule has 4 nitrogen and oxygen atoms in total. The molecule has 0 saturated heterocycles. The highest BCUT2D eigenvalue weighted by Gasteiger charge is 2.15. The molecular formula is C21H21F2N3O. The fourth-order valence-corrected chi connectivity index (χ4v) is 2.56. The van der Waals surface area contributed by atoms with Crippen LogP contribution >= 0.6 is 0 Å². The van der Waals surface area contributed by atoms with Gasteiger partial charge in [0.2, 0.25) is 0 Å². The molecule has 1 aromatic carbocycles. The number of hydrogen-bond donors (Lipinski definition) is 0. The predicted molar refractivity (Wildman–Crippen MR) is 99.6 cm³/mol. The number of aryl methyl sites for hydroxylation is 1. The van der Waals surface area contributed by atoms with Crippen molar-refractivity contribution in [2.24, 2.45) is 0 Å². The van der Waals surface area contributed by atoms with E-state index in [-0.39, 0.29) is 12.4 Å². The number of aromatic nitrogens is 2. The second-order valence-electron chi connectivity index (χ2n) is 5.89. The Morgan fingerprint density at radius 2 is 2.04 bits per heavy atom. The molecule has 6 heteroatoms. The predicted octanol–water partition coefficient (Wildman–Crippen LogP) is 4.92. The van der Waals surface area contributed by atoms with E-state index in [9.17, 15) is 8.78 Å². The quantitative estimate of drug-likeness (QED) is 0.537. The molecule has 0 saturated carbocycles. The van der Waals surface area contributed by atoms with Gasteiger partial charge in [0.25, 0.3) is 0 Å². The van der Waals surface area contributed by atoms with E-state index in [4.69, 9.17) is 10.00 Å². The first-order chi connectivity index (χ1) is 13.0. The van der Waals surface area contributed by atoms with Crippen molar-refractivity contribution in [3.63, 3.8) is 0 Å². The van der Waals surface area contributed by atoms with Gasteiger partial charge in [-0.3, -0.25) is 0 Å². The van der Waals surface area contributed by atoms with Crippen LogP contribution in [0.4, 0.5) is 8.78 Å². The van der Waals surface area contributed by atoms with Gasteiger partial charge in [0.15, 0.2) is 11.6 Å². The van der Waals surface area contributed by atoms with Gasteiger partial charge in [-0.15, -0.1) is 5.92 Å². The van der Waals surface area contributed by atoms with Crippen molar-refractivity contribution in [2.75, 3.05) is 0 Å². The lowest BCUT2D eigenvalue weighted by molar-refractivity contribution is 0.288. The largest absolute Gasteiger partial charge is 0.486 e. The maximum absolute atomic E-state index is 13.7. The third kappa shape index (κ3) is 5.18. The highest BCUT2D eigenvalue weighted by Crippen LogP contribution is 2.23. The molecule has 0 atom stereocenters. The van der Waals surface area contributed by atoms with Gasteiger partial charge in [0.1, 0.15) is 12.4 Å². The number of ether oxygens (including phenoxy) is 1. The minimum atomic E-state index is -0.737. The van der Waals surface area contributed by atoms with Gasteiger partial charge in [0.05, 0.1) is 18.2 Å². The lowest BCUT2D eigenvalue weighted by Crippen LogP contribution is -2.03. The smallest absolute Gasteiger partial charge is 0.167 e. The van der Waals surface area contributed by atoms with Crippen LogP contribution in [-0.2, 0) is 6.61 Å². The Bertz CT molecular complexity index is 943. The molecule has 0 aliphatic rings. The van der Waals surface area contributed by atoms with Crippen molar-refractivity contribution in [3.05, 3.63) is 52.9 Å². The van der Waals surface area contributed by atoms with E-state index in [1.54, 1.807) is 4.68 Å². The fraction of sp³-hybridized carbons (Fsp3) is 0.333. The molecule has 0 bridgehead atoms. The number of allylic oxidation sites excluding steroid dienone is 2. The third-order valence-corrected chi connectivity index (χ3v) is 4.07. The molecule has 2 aromatic rings. The van der Waals surface area contributed by atoms with E-state index < -0.39 is 11.6 Å². The van der Waals surface area contributed by atoms with Crippen molar-refractivity contribution in [3.8, 4) is 23.7 Å². The van der Waals surface area contributed by atoms with E-state index in [0.29, 0.717) is 19.3 Å². The molecule has 0 radical (unpaired) electrons. The molecular weight excluding hydrogens is 348 g/mol. The van der Waals surface area contributed by atoms with Gasteiger partial charge in [0, 0.05) is 35.9 Å². The second-order valence-corrected chi connectivity index (χ2v) is 5.89. The summed E-state index contributed by atoms with van der Waals surface area (Å²) in [5.74, 6) is 4.63. The topological polar surface area (TPSA) is 50.8 Å². The maximum Gasteiger partial charge on any atom is 0.167 e. The van der Waals surface area contributed by atoms with E-state index in [2.05, 4.69) is 23.0 Å². The van der Waals surface area contributed by atoms with Gasteiger partial charge < -0.3 is 4.74 Å². The zero-order valence-electron chi connectivity index (χ0n) is 15.6. The third-order valence-electron chi connectivity index (χ3n) is 4.07. The number of unbranched alkanes of at least 4 members (excludes halogenated alkanes) is 1. The van der Waals surface area contributed by atoms with Crippen LogP contribution in [0.1, 0.15) is 43.1 Å². The lowest BCUT2D eigenvalue weighted by Gasteiger charge is -2.09. The molecule has 0 amide bonds. The SMILES string of the molecule is C/C=C(\CC#CCCC#N)n1nc(C)c(COc2ccc(F)cc2F)c1C. The Balaban J connectivity index is 2.14. The van der Waals surface area contributed by atoms with E-state index in [0.717, 1.165) is 34.8 Å². The molecule has 0 N–H and O–H groups in total. The molecule has 0 aliphatic carbocycles. The number of benzene rings is 1. The average Bonchev–Trinajstić information content (AvgIpc) is 2.92. The lowest BCUT2D eigenvalue weighted by atomic mass is 10.2. The minimum Gasteiger partial charge on any atom is -0.486 e. The Labute approximate surface area is 158 Å². The first-order valence-electron chi connectivity index (χ1n) is 8.59. The Morgan fingerprint density at radius 3 is 2.70 bits per heavy atom. The Hall–Kier alpha value is -3.12. The van der Waals surface area contributed by atoms with Gasteiger partial charge in [-0.05, 0) is 32.9 Å². The van der Waals surface area contributed by atoms with Gasteiger partial charge in [-0.2, -0.15) is 10.4 Å². The van der Waals surface area contributed by atoms with Crippen molar-refractivity contribution < 1.29 is 13.5 Å². The average molecular weight is 369 g/mol. The van der Waals surface area contributed by atoms with Crippen LogP contribution in [-0.4, -0.2) is 9.78 Å². The van der Waals surface area contributed by atoms with Gasteiger partial charge >= 0.3 is 0 Å². The molecule has 1 aromatic heterocycles. The zero-order valence-corrected chi connectivity index (χ0v) is 15.6. The molecule has 140 valence electrons. The molecule has 2 rings (SSSR count). The van der Waals surface area contributed by atoms with Crippen LogP contribution in [0.2, 0.25) is 0 Å². The summed E-state index contributed by atoms with van der Waals surface area (Å²) in [6.45, 7) is 5.80. The standard InChI is InChI=1S/C21H21F2N3O/c1-4-18(9-7-5-6-8-12-24)26-16(3)19(15(2)25-26)14-27-21-11-10-17(22)13-20(21)23/h4,10-11,13H,6,8-9,14H2,1-3H3/b18-4+. The minimum absolute atomic E-state index is 0.00225. The highest BCUT2D eigenvalue weighted by atomic mass is 19.1. The molecule has 0 unspecified atom stereocenters. The van der Waals surface area contributed by atoms with Crippen molar-refractivity contribution >= 4 is 5.70 Å². The first kappa shape index (κ1) is 20.2. The Morgan fingerprint density at radius 1 is 1.26 bits per heavy atom. The van der Waals surface area contributed by atoms with Crippen LogP contribution < -0.4 is 4.74 Å². The monoisotopic (exact) mass is 369 g/mol. The fourth-order valence-electron chi connectivity index (χ4n) is 2.56. The summed E-state index contributed by atoms with van der Waals surface area (Å²) in [4.78, 5) is 0. The van der Waals surface area contributed by atoms with Crippen LogP contribution in [0.3, 0.4) is 0 Å². The second kappa shape index (κ2) is 9.54. The van der Waals surface area contributed by atoms with Crippen LogP contribution in [0, 0.1) is 48.7 Å². The van der Waals surface area contributed by atoms with Crippen molar-refractivity contribution in [1.82, 2.24) is 9.78 Å². The number of nitriles is 1. The normalized spacial score (nSPS) is 10.9. The van der Waals surface area contributed by atoms with E-state index in [1.165, 1.54) is 6.07 Å². The maximum atomic E-state index is 13.7. The number of halogens is 2. The molecule has 0 spiro atoms. The summed E-state index contributed by atoms with van der Waals surface area (Å²) in [5, 5.41) is 13.1. The summed E-state index contributed by atoms with van der Waals surface area (Å²) in [5.41, 5.74) is 3.41. The van der Waals surface area contributed by atoms with Crippen molar-refractivity contribution in [2.45, 2.75) is 46.6 Å². The van der Waals surface area contributed by atoms with Crippen LogP contribution in [0.15, 0.2) is 24.3 Å². The molecule has 1 heterocycles. The number of nitrogens with zero attached hydrogens (tertiary/aromatic N) is 3. The first-order valence-corrected chi connectivity index (χ1v) is 8.59. The molecule has 27 heavy (non-hydrogen) atoms. The summed E-state index contributed by atoms with van der Waals surface area (Å²) in [6.07, 6.45) is 3.41. The zero-order chi connectivity index (χ0) is 19.8. The van der Waals surface area contributed by atoms with Crippen molar-refractivity contribution in [1.29, 1.82) is 5.26 Å².